The zero-order chi connectivity index (χ0) is 69.0. The number of nitrogens with zero attached hydrogens (tertiary/aromatic N) is 7. The number of nitrogens with one attached hydrogen (secondary N) is 4. The summed E-state index contributed by atoms with van der Waals surface area (Å²) in [5, 5.41) is 23.5. The third kappa shape index (κ3) is 23.9. The van der Waals surface area contributed by atoms with E-state index < -0.39 is 150 Å². The molecule has 510 valence electrons. The predicted octanol–water partition coefficient (Wildman–Crippen LogP) is 4.69. The lowest BCUT2D eigenvalue weighted by Gasteiger charge is -2.41. The standard InChI is InChI=1S/C66H119N11O12/c1-26-28-29-44(17)56(79)55-60(83)68-46(27-2)62(85)71(19)36-53(78)72(20)49(32-39(7)8)58(81)70-48(31-38(5)6)63(86)73(21)50(33-40(9)10)59(82)69-47(30-37(3)4)57(80)67-45(18)61(84)74(22)51(34-41(11)12)64(87)75(23)52(35-42(13)14)65(88)76(24)54(43(15)16)66(89)77(55)25/h26,28,37-52,54-56,79H,27,29-36H2,1-25H3,(H,67,80)(H,68,83)(H,69,82)(H,70,81)/b28-26+/t44-,45-,46+,47+,48+,49+,50+,51+,52+,54+,55+,56-/m1/s1. The van der Waals surface area contributed by atoms with Crippen molar-refractivity contribution in [1.29, 1.82) is 0 Å². The maximum atomic E-state index is 15.2. The molecule has 11 amide bonds. The molecule has 1 saturated heterocycles. The Hall–Kier alpha value is -6.13. The van der Waals surface area contributed by atoms with Crippen molar-refractivity contribution in [2.75, 3.05) is 55.9 Å². The van der Waals surface area contributed by atoms with E-state index in [4.69, 9.17) is 0 Å². The summed E-state index contributed by atoms with van der Waals surface area (Å²) >= 11 is 0. The van der Waals surface area contributed by atoms with Crippen LogP contribution in [0.25, 0.3) is 0 Å². The van der Waals surface area contributed by atoms with Gasteiger partial charge in [-0.1, -0.05) is 123 Å². The summed E-state index contributed by atoms with van der Waals surface area (Å²) in [5.74, 6) is -9.33. The van der Waals surface area contributed by atoms with Gasteiger partial charge in [0, 0.05) is 49.3 Å². The second-order valence-electron chi connectivity index (χ2n) is 28.0. The summed E-state index contributed by atoms with van der Waals surface area (Å²) in [7, 11) is 10.0. The number of amides is 11. The highest BCUT2D eigenvalue weighted by Gasteiger charge is 2.46. The van der Waals surface area contributed by atoms with E-state index in [2.05, 4.69) is 21.3 Å². The zero-order valence-corrected chi connectivity index (χ0v) is 59.1. The van der Waals surface area contributed by atoms with Crippen LogP contribution in [0.5, 0.6) is 0 Å². The predicted molar refractivity (Wildman–Crippen MR) is 347 cm³/mol. The van der Waals surface area contributed by atoms with Crippen LogP contribution in [0.3, 0.4) is 0 Å². The first-order valence-electron chi connectivity index (χ1n) is 32.4. The summed E-state index contributed by atoms with van der Waals surface area (Å²) in [6.45, 7) is 32.1. The van der Waals surface area contributed by atoms with Crippen molar-refractivity contribution in [2.45, 2.75) is 243 Å². The van der Waals surface area contributed by atoms with Crippen LogP contribution >= 0.6 is 0 Å². The largest absolute Gasteiger partial charge is 0.390 e. The molecule has 0 radical (unpaired) electrons. The fraction of sp³-hybridized carbons (Fsp3) is 0.803. The molecule has 1 fully saturated rings. The van der Waals surface area contributed by atoms with Gasteiger partial charge in [0.05, 0.1) is 12.6 Å². The average Bonchev–Trinajstić information content (AvgIpc) is 0.953. The number of hydrogen-bond acceptors (Lipinski definition) is 12. The number of hydrogen-bond donors (Lipinski definition) is 5. The van der Waals surface area contributed by atoms with E-state index in [1.807, 2.05) is 89.2 Å². The van der Waals surface area contributed by atoms with Crippen LogP contribution in [-0.4, -0.2) is 227 Å². The topological polar surface area (TPSA) is 279 Å². The van der Waals surface area contributed by atoms with E-state index in [1.54, 1.807) is 40.7 Å². The van der Waals surface area contributed by atoms with Crippen LogP contribution < -0.4 is 21.3 Å². The first kappa shape index (κ1) is 80.9. The van der Waals surface area contributed by atoms with E-state index in [0.29, 0.717) is 6.42 Å². The van der Waals surface area contributed by atoms with Gasteiger partial charge in [-0.3, -0.25) is 52.7 Å². The Bertz CT molecular complexity index is 2410. The number of carbonyl (C=O) groups excluding carboxylic acids is 11. The summed E-state index contributed by atoms with van der Waals surface area (Å²) in [4.78, 5) is 171. The minimum Gasteiger partial charge on any atom is -0.390 e. The van der Waals surface area contributed by atoms with Crippen LogP contribution in [0, 0.1) is 47.3 Å². The fourth-order valence-corrected chi connectivity index (χ4v) is 11.5. The van der Waals surface area contributed by atoms with E-state index >= 15 is 14.4 Å². The zero-order valence-electron chi connectivity index (χ0n) is 59.1. The molecule has 0 unspecified atom stereocenters. The molecule has 0 spiro atoms. The molecule has 0 aromatic carbocycles. The molecule has 0 bridgehead atoms. The molecule has 12 atom stereocenters. The van der Waals surface area contributed by atoms with Crippen molar-refractivity contribution in [3.05, 3.63) is 12.2 Å². The number of carbonyl (C=O) groups is 11. The second kappa shape index (κ2) is 37.3. The van der Waals surface area contributed by atoms with Gasteiger partial charge >= 0.3 is 0 Å². The van der Waals surface area contributed by atoms with Crippen molar-refractivity contribution >= 4 is 65.0 Å². The molecule has 0 aromatic rings. The van der Waals surface area contributed by atoms with Gasteiger partial charge in [-0.15, -0.1) is 0 Å². The Morgan fingerprint density at radius 2 is 0.809 bits per heavy atom. The fourth-order valence-electron chi connectivity index (χ4n) is 11.5. The quantitative estimate of drug-likeness (QED) is 0.117. The molecule has 1 heterocycles. The molecule has 0 aliphatic carbocycles. The average molecular weight is 1260 g/mol. The van der Waals surface area contributed by atoms with Gasteiger partial charge in [0.1, 0.15) is 60.4 Å². The minimum atomic E-state index is -1.61. The summed E-state index contributed by atoms with van der Waals surface area (Å²) in [6, 6.07) is -12.3. The van der Waals surface area contributed by atoms with Crippen LogP contribution in [0.2, 0.25) is 0 Å². The van der Waals surface area contributed by atoms with Crippen molar-refractivity contribution < 1.29 is 57.8 Å². The Morgan fingerprint density at radius 1 is 0.427 bits per heavy atom. The Labute approximate surface area is 534 Å². The lowest BCUT2D eigenvalue weighted by Crippen LogP contribution is -2.63. The maximum Gasteiger partial charge on any atom is 0.246 e. The second-order valence-corrected chi connectivity index (χ2v) is 28.0. The monoisotopic (exact) mass is 1260 g/mol. The van der Waals surface area contributed by atoms with Crippen LogP contribution in [0.1, 0.15) is 176 Å². The molecule has 23 heteroatoms. The van der Waals surface area contributed by atoms with Crippen molar-refractivity contribution in [3.63, 3.8) is 0 Å². The van der Waals surface area contributed by atoms with Gasteiger partial charge in [0.15, 0.2) is 0 Å². The van der Waals surface area contributed by atoms with Gasteiger partial charge in [-0.05, 0) is 113 Å². The lowest BCUT2D eigenvalue weighted by molar-refractivity contribution is -0.157. The summed E-state index contributed by atoms with van der Waals surface area (Å²) in [6.07, 6.45) is 3.35. The molecule has 1 aliphatic rings. The first-order valence-corrected chi connectivity index (χ1v) is 32.4. The van der Waals surface area contributed by atoms with Crippen LogP contribution in [0.4, 0.5) is 0 Å². The van der Waals surface area contributed by atoms with E-state index in [0.717, 1.165) is 9.80 Å². The number of aliphatic hydroxyl groups is 1. The van der Waals surface area contributed by atoms with Gasteiger partial charge < -0.3 is 60.7 Å². The van der Waals surface area contributed by atoms with Gasteiger partial charge in [-0.2, -0.15) is 0 Å². The molecule has 23 nitrogen and oxygen atoms in total. The van der Waals surface area contributed by atoms with Gasteiger partial charge in [0.25, 0.3) is 0 Å². The molecule has 0 aromatic heterocycles. The van der Waals surface area contributed by atoms with Crippen molar-refractivity contribution in [2.24, 2.45) is 47.3 Å². The molecular formula is C66H119N11O12. The van der Waals surface area contributed by atoms with Crippen molar-refractivity contribution in [3.8, 4) is 0 Å². The van der Waals surface area contributed by atoms with Gasteiger partial charge in [0.2, 0.25) is 65.0 Å². The minimum absolute atomic E-state index is 0.0230. The maximum absolute atomic E-state index is 15.2. The summed E-state index contributed by atoms with van der Waals surface area (Å²) in [5.41, 5.74) is 0. The van der Waals surface area contributed by atoms with E-state index in [-0.39, 0.29) is 80.5 Å². The third-order valence-electron chi connectivity index (χ3n) is 16.8. The van der Waals surface area contributed by atoms with E-state index in [9.17, 15) is 43.5 Å². The van der Waals surface area contributed by atoms with Crippen LogP contribution in [0.15, 0.2) is 12.2 Å². The third-order valence-corrected chi connectivity index (χ3v) is 16.8. The number of rotatable bonds is 18. The number of allylic oxidation sites excluding steroid dienone is 2. The van der Waals surface area contributed by atoms with Crippen molar-refractivity contribution in [1.82, 2.24) is 55.6 Å². The summed E-state index contributed by atoms with van der Waals surface area (Å²) < 4.78 is 0. The SMILES string of the molecule is C/C=C/C[C@@H](C)[C@@H](O)[C@H]1C(=O)N[C@@H](CC)C(=O)N(C)CC(=O)N(C)[C@@H](CC(C)C)C(=O)N[C@@H](CC(C)C)C(=O)N(C)[C@@H](CC(C)C)C(=O)N[C@@H](CC(C)C)C(=O)N[C@H](C)C(=O)N(C)[C@@H](CC(C)C)C(=O)N(C)[C@@H](CC(C)C)C(=O)N(C)[C@@H](C(C)C)C(=O)N1C. The molecule has 5 N–H and O–H groups in total. The highest BCUT2D eigenvalue weighted by Crippen LogP contribution is 2.26. The highest BCUT2D eigenvalue weighted by atomic mass is 16.3. The molecule has 89 heavy (non-hydrogen) atoms. The molecule has 1 rings (SSSR count). The Balaban J connectivity index is 4.44. The first-order chi connectivity index (χ1) is 41.1. The molecule has 1 aliphatic heterocycles. The Morgan fingerprint density at radius 3 is 1.25 bits per heavy atom. The molecular weight excluding hydrogens is 1140 g/mol. The highest BCUT2D eigenvalue weighted by molar-refractivity contribution is 5.99. The normalized spacial score (nSPS) is 26.3. The number of likely N-dealkylation sites (N-methyl/N-ethyl adjacent to an activating group) is 7. The molecule has 0 saturated carbocycles. The van der Waals surface area contributed by atoms with E-state index in [1.165, 1.54) is 80.8 Å². The van der Waals surface area contributed by atoms with Gasteiger partial charge in [-0.25, -0.2) is 0 Å². The van der Waals surface area contributed by atoms with Crippen LogP contribution in [-0.2, 0) is 52.7 Å². The Kier molecular flexibility index (Phi) is 33.9. The smallest absolute Gasteiger partial charge is 0.246 e. The number of aliphatic hydroxyl groups excluding tert-OH is 1. The lowest BCUT2D eigenvalue weighted by atomic mass is 9.91.